The van der Waals surface area contributed by atoms with Crippen LogP contribution in [0.2, 0.25) is 0 Å². The number of hydrogen-bond donors (Lipinski definition) is 0. The zero-order chi connectivity index (χ0) is 13.0. The molecule has 5 heteroatoms. The maximum atomic E-state index is 11.5. The predicted molar refractivity (Wildman–Crippen MR) is 70.5 cm³/mol. The van der Waals surface area contributed by atoms with Crippen LogP contribution in [0.15, 0.2) is 0 Å². The summed E-state index contributed by atoms with van der Waals surface area (Å²) >= 11 is 0. The molecule has 1 amide bonds. The van der Waals surface area contributed by atoms with Gasteiger partial charge in [-0.2, -0.15) is 0 Å². The number of ether oxygens (including phenoxy) is 1. The van der Waals surface area contributed by atoms with Gasteiger partial charge in [0.25, 0.3) is 0 Å². The molecule has 2 aliphatic rings. The van der Waals surface area contributed by atoms with Crippen molar-refractivity contribution < 1.29 is 9.53 Å². The molecule has 2 heterocycles. The molecule has 1 atom stereocenters. The molecule has 0 saturated carbocycles. The van der Waals surface area contributed by atoms with E-state index in [9.17, 15) is 4.79 Å². The van der Waals surface area contributed by atoms with Crippen molar-refractivity contribution in [2.45, 2.75) is 18.9 Å². The van der Waals surface area contributed by atoms with E-state index >= 15 is 0 Å². The first-order valence-electron chi connectivity index (χ1n) is 6.91. The van der Waals surface area contributed by atoms with Gasteiger partial charge in [-0.1, -0.05) is 0 Å². The van der Waals surface area contributed by atoms with Crippen LogP contribution in [0, 0.1) is 0 Å². The fourth-order valence-corrected chi connectivity index (χ4v) is 2.70. The number of carbonyl (C=O) groups excluding carboxylic acids is 1. The summed E-state index contributed by atoms with van der Waals surface area (Å²) in [7, 11) is 4.15. The summed E-state index contributed by atoms with van der Waals surface area (Å²) in [5, 5.41) is 0. The summed E-state index contributed by atoms with van der Waals surface area (Å²) < 4.78 is 5.75. The second kappa shape index (κ2) is 6.50. The first-order valence-corrected chi connectivity index (χ1v) is 6.91. The molecule has 0 aromatic rings. The fraction of sp³-hybridized carbons (Fsp3) is 0.923. The molecule has 104 valence electrons. The summed E-state index contributed by atoms with van der Waals surface area (Å²) in [6.07, 6.45) is 2.08. The minimum atomic E-state index is 0.308. The second-order valence-electron chi connectivity index (χ2n) is 5.54. The van der Waals surface area contributed by atoms with E-state index in [-0.39, 0.29) is 0 Å². The Morgan fingerprint density at radius 1 is 1.33 bits per heavy atom. The minimum Gasteiger partial charge on any atom is -0.374 e. The second-order valence-corrected chi connectivity index (χ2v) is 5.54. The number of rotatable bonds is 5. The van der Waals surface area contributed by atoms with Crippen molar-refractivity contribution >= 4 is 5.91 Å². The molecule has 0 aromatic heterocycles. The minimum absolute atomic E-state index is 0.308. The van der Waals surface area contributed by atoms with Crippen LogP contribution in [0.5, 0.6) is 0 Å². The summed E-state index contributed by atoms with van der Waals surface area (Å²) in [5.41, 5.74) is 0. The Kier molecular flexibility index (Phi) is 4.97. The normalized spacial score (nSPS) is 26.3. The maximum Gasteiger partial charge on any atom is 0.222 e. The van der Waals surface area contributed by atoms with E-state index in [4.69, 9.17) is 4.74 Å². The molecule has 2 fully saturated rings. The van der Waals surface area contributed by atoms with Crippen LogP contribution < -0.4 is 0 Å². The lowest BCUT2D eigenvalue weighted by Crippen LogP contribution is -2.48. The van der Waals surface area contributed by atoms with Gasteiger partial charge < -0.3 is 14.5 Å². The molecule has 0 aliphatic carbocycles. The van der Waals surface area contributed by atoms with Gasteiger partial charge in [0, 0.05) is 45.7 Å². The van der Waals surface area contributed by atoms with Gasteiger partial charge in [0.15, 0.2) is 0 Å². The summed E-state index contributed by atoms with van der Waals surface area (Å²) in [6, 6.07) is 0. The average molecular weight is 255 g/mol. The monoisotopic (exact) mass is 255 g/mol. The molecular weight excluding hydrogens is 230 g/mol. The topological polar surface area (TPSA) is 36.0 Å². The third-order valence-corrected chi connectivity index (χ3v) is 3.65. The molecule has 0 bridgehead atoms. The molecule has 0 N–H and O–H groups in total. The zero-order valence-corrected chi connectivity index (χ0v) is 11.6. The van der Waals surface area contributed by atoms with Crippen molar-refractivity contribution in [1.29, 1.82) is 0 Å². The average Bonchev–Trinajstić information content (AvgIpc) is 2.72. The van der Waals surface area contributed by atoms with Crippen LogP contribution >= 0.6 is 0 Å². The van der Waals surface area contributed by atoms with Crippen molar-refractivity contribution in [3.8, 4) is 0 Å². The number of nitrogens with zero attached hydrogens (tertiary/aromatic N) is 3. The van der Waals surface area contributed by atoms with Crippen LogP contribution in [0.25, 0.3) is 0 Å². The number of likely N-dealkylation sites (N-methyl/N-ethyl adjacent to an activating group) is 1. The van der Waals surface area contributed by atoms with E-state index in [0.29, 0.717) is 12.0 Å². The van der Waals surface area contributed by atoms with E-state index in [0.717, 1.165) is 58.7 Å². The SMILES string of the molecule is CN(C)C[C@@H]1CN(CCN2CCCC2=O)CCO1. The van der Waals surface area contributed by atoms with Crippen LogP contribution in [0.3, 0.4) is 0 Å². The van der Waals surface area contributed by atoms with Crippen LogP contribution in [-0.2, 0) is 9.53 Å². The van der Waals surface area contributed by atoms with E-state index in [1.807, 2.05) is 4.90 Å². The third-order valence-electron chi connectivity index (χ3n) is 3.65. The summed E-state index contributed by atoms with van der Waals surface area (Å²) in [4.78, 5) is 18.1. The van der Waals surface area contributed by atoms with E-state index in [1.54, 1.807) is 0 Å². The molecule has 2 rings (SSSR count). The van der Waals surface area contributed by atoms with Gasteiger partial charge in [0.05, 0.1) is 12.7 Å². The first-order chi connectivity index (χ1) is 8.65. The highest BCUT2D eigenvalue weighted by molar-refractivity contribution is 5.78. The molecule has 2 saturated heterocycles. The Balaban J connectivity index is 1.70. The number of hydrogen-bond acceptors (Lipinski definition) is 4. The highest BCUT2D eigenvalue weighted by atomic mass is 16.5. The van der Waals surface area contributed by atoms with Gasteiger partial charge in [-0.25, -0.2) is 0 Å². The number of likely N-dealkylation sites (tertiary alicyclic amines) is 1. The van der Waals surface area contributed by atoms with Gasteiger partial charge in [-0.3, -0.25) is 9.69 Å². The van der Waals surface area contributed by atoms with Crippen molar-refractivity contribution in [2.24, 2.45) is 0 Å². The van der Waals surface area contributed by atoms with E-state index < -0.39 is 0 Å². The number of amides is 1. The van der Waals surface area contributed by atoms with Gasteiger partial charge in [-0.05, 0) is 20.5 Å². The van der Waals surface area contributed by atoms with Gasteiger partial charge in [0.2, 0.25) is 5.91 Å². The Hall–Kier alpha value is -0.650. The van der Waals surface area contributed by atoms with Gasteiger partial charge in [-0.15, -0.1) is 0 Å². The van der Waals surface area contributed by atoms with Crippen LogP contribution in [-0.4, -0.2) is 86.7 Å². The van der Waals surface area contributed by atoms with Crippen LogP contribution in [0.1, 0.15) is 12.8 Å². The van der Waals surface area contributed by atoms with Gasteiger partial charge >= 0.3 is 0 Å². The number of morpholine rings is 1. The largest absolute Gasteiger partial charge is 0.374 e. The molecule has 5 nitrogen and oxygen atoms in total. The molecular formula is C13H25N3O2. The molecule has 0 spiro atoms. The lowest BCUT2D eigenvalue weighted by Gasteiger charge is -2.34. The zero-order valence-electron chi connectivity index (χ0n) is 11.6. The number of carbonyl (C=O) groups is 1. The Bertz CT molecular complexity index is 283. The quantitative estimate of drug-likeness (QED) is 0.686. The molecule has 2 aliphatic heterocycles. The van der Waals surface area contributed by atoms with Gasteiger partial charge in [0.1, 0.15) is 0 Å². The predicted octanol–water partition coefficient (Wildman–Crippen LogP) is -0.129. The fourth-order valence-electron chi connectivity index (χ4n) is 2.70. The highest BCUT2D eigenvalue weighted by Gasteiger charge is 2.24. The first kappa shape index (κ1) is 13.8. The molecule has 0 radical (unpaired) electrons. The van der Waals surface area contributed by atoms with Crippen LogP contribution in [0.4, 0.5) is 0 Å². The maximum absolute atomic E-state index is 11.5. The Morgan fingerprint density at radius 3 is 2.83 bits per heavy atom. The summed E-state index contributed by atoms with van der Waals surface area (Å²) in [6.45, 7) is 6.58. The molecule has 18 heavy (non-hydrogen) atoms. The van der Waals surface area contributed by atoms with Crippen molar-refractivity contribution in [3.63, 3.8) is 0 Å². The Morgan fingerprint density at radius 2 is 2.17 bits per heavy atom. The lowest BCUT2D eigenvalue weighted by molar-refractivity contribution is -0.128. The van der Waals surface area contributed by atoms with Crippen molar-refractivity contribution in [2.75, 3.05) is 60.0 Å². The Labute approximate surface area is 110 Å². The lowest BCUT2D eigenvalue weighted by atomic mass is 10.2. The van der Waals surface area contributed by atoms with E-state index in [1.165, 1.54) is 0 Å². The van der Waals surface area contributed by atoms with Crippen molar-refractivity contribution in [3.05, 3.63) is 0 Å². The third kappa shape index (κ3) is 3.93. The van der Waals surface area contributed by atoms with E-state index in [2.05, 4.69) is 23.9 Å². The standard InChI is InChI=1S/C13H25N3O2/c1-14(2)10-12-11-15(8-9-18-12)6-7-16-5-3-4-13(16)17/h12H,3-11H2,1-2H3/t12-/m1/s1. The molecule has 0 aromatic carbocycles. The summed E-state index contributed by atoms with van der Waals surface area (Å²) in [5.74, 6) is 0.327. The highest BCUT2D eigenvalue weighted by Crippen LogP contribution is 2.10. The van der Waals surface area contributed by atoms with Crippen molar-refractivity contribution in [1.82, 2.24) is 14.7 Å². The molecule has 0 unspecified atom stereocenters. The smallest absolute Gasteiger partial charge is 0.222 e.